The summed E-state index contributed by atoms with van der Waals surface area (Å²) in [6.45, 7) is 3.87. The van der Waals surface area contributed by atoms with Crippen molar-refractivity contribution in [1.82, 2.24) is 4.31 Å². The normalized spacial score (nSPS) is 18.4. The lowest BCUT2D eigenvalue weighted by Crippen LogP contribution is -2.40. The minimum atomic E-state index is -3.59. The van der Waals surface area contributed by atoms with E-state index in [1.54, 1.807) is 18.2 Å². The van der Waals surface area contributed by atoms with E-state index in [-0.39, 0.29) is 10.7 Å². The summed E-state index contributed by atoms with van der Waals surface area (Å²) >= 11 is 0. The van der Waals surface area contributed by atoms with Crippen molar-refractivity contribution < 1.29 is 17.5 Å². The van der Waals surface area contributed by atoms with Crippen LogP contribution in [0.4, 0.5) is 15.8 Å². The van der Waals surface area contributed by atoms with Crippen LogP contribution in [0.3, 0.4) is 0 Å². The van der Waals surface area contributed by atoms with Gasteiger partial charge in [0, 0.05) is 32.7 Å². The molecule has 0 aromatic heterocycles. The van der Waals surface area contributed by atoms with E-state index in [0.29, 0.717) is 32.8 Å². The molecule has 2 aliphatic rings. The second-order valence-corrected chi connectivity index (χ2v) is 9.66. The first-order valence-corrected chi connectivity index (χ1v) is 11.9. The highest BCUT2D eigenvalue weighted by atomic mass is 32.2. The number of piperidine rings is 1. The van der Waals surface area contributed by atoms with E-state index in [4.69, 9.17) is 4.74 Å². The Hall–Kier alpha value is -2.16. The zero-order valence-electron chi connectivity index (χ0n) is 17.0. The lowest BCUT2D eigenvalue weighted by molar-refractivity contribution is 0.0730. The molecule has 2 aromatic rings. The molecule has 2 aliphatic heterocycles. The smallest absolute Gasteiger partial charge is 0.243 e. The maximum Gasteiger partial charge on any atom is 0.243 e. The highest BCUT2D eigenvalue weighted by molar-refractivity contribution is 7.89. The summed E-state index contributed by atoms with van der Waals surface area (Å²) in [6.07, 6.45) is 3.46. The van der Waals surface area contributed by atoms with Gasteiger partial charge in [-0.3, -0.25) is 0 Å². The van der Waals surface area contributed by atoms with Crippen molar-refractivity contribution in [2.45, 2.75) is 30.7 Å². The van der Waals surface area contributed by atoms with E-state index in [2.05, 4.69) is 10.2 Å². The lowest BCUT2D eigenvalue weighted by Gasteiger charge is -2.31. The number of nitrogens with one attached hydrogen (secondary N) is 1. The second-order valence-electron chi connectivity index (χ2n) is 7.73. The summed E-state index contributed by atoms with van der Waals surface area (Å²) in [4.78, 5) is 2.56. The Morgan fingerprint density at radius 2 is 1.73 bits per heavy atom. The predicted molar refractivity (Wildman–Crippen MR) is 116 cm³/mol. The summed E-state index contributed by atoms with van der Waals surface area (Å²) in [5.74, 6) is -0.283. The maximum atomic E-state index is 13.6. The van der Waals surface area contributed by atoms with Crippen LogP contribution in [0.2, 0.25) is 0 Å². The van der Waals surface area contributed by atoms with Crippen LogP contribution in [0.5, 0.6) is 0 Å². The average Bonchev–Trinajstić information content (AvgIpc) is 2.79. The third-order valence-electron chi connectivity index (χ3n) is 5.64. The fourth-order valence-electron chi connectivity index (χ4n) is 4.01. The lowest BCUT2D eigenvalue weighted by atomic mass is 10.1. The number of nitrogens with zero attached hydrogens (tertiary/aromatic N) is 2. The molecule has 2 aromatic carbocycles. The van der Waals surface area contributed by atoms with Gasteiger partial charge < -0.3 is 15.0 Å². The van der Waals surface area contributed by atoms with Crippen LogP contribution < -0.4 is 10.2 Å². The molecule has 0 radical (unpaired) electrons. The Bertz CT molecular complexity index is 971. The van der Waals surface area contributed by atoms with Gasteiger partial charge in [-0.1, -0.05) is 12.1 Å². The maximum absolute atomic E-state index is 13.6. The number of halogens is 1. The largest absolute Gasteiger partial charge is 0.379 e. The zero-order valence-corrected chi connectivity index (χ0v) is 17.8. The van der Waals surface area contributed by atoms with Gasteiger partial charge >= 0.3 is 0 Å². The molecule has 0 bridgehead atoms. The fraction of sp³-hybridized carbons (Fsp3) is 0.455. The summed E-state index contributed by atoms with van der Waals surface area (Å²) in [7, 11) is -3.59. The second kappa shape index (κ2) is 9.32. The first-order chi connectivity index (χ1) is 14.5. The van der Waals surface area contributed by atoms with Gasteiger partial charge in [0.1, 0.15) is 5.82 Å². The van der Waals surface area contributed by atoms with Crippen LogP contribution in [0.25, 0.3) is 0 Å². The first-order valence-electron chi connectivity index (χ1n) is 10.5. The van der Waals surface area contributed by atoms with Crippen LogP contribution in [-0.2, 0) is 21.3 Å². The van der Waals surface area contributed by atoms with Crippen LogP contribution in [-0.4, -0.2) is 52.1 Å². The van der Waals surface area contributed by atoms with Crippen molar-refractivity contribution in [2.75, 3.05) is 49.6 Å². The molecule has 30 heavy (non-hydrogen) atoms. The number of hydrogen-bond acceptors (Lipinski definition) is 5. The molecule has 2 saturated heterocycles. The summed E-state index contributed by atoms with van der Waals surface area (Å²) < 4.78 is 46.6. The standard InChI is InChI=1S/C22H28FN3O3S/c23-19-6-4-5-18(15-19)17-24-21-16-20(30(27,28)26-11-13-29-14-12-26)7-8-22(21)25-9-2-1-3-10-25/h4-8,15-16,24H,1-3,9-14,17H2. The van der Waals surface area contributed by atoms with Crippen molar-refractivity contribution in [2.24, 2.45) is 0 Å². The SMILES string of the molecule is O=S(=O)(c1ccc(N2CCCCC2)c(NCc2cccc(F)c2)c1)N1CCOCC1. The molecule has 1 N–H and O–H groups in total. The molecule has 8 heteroatoms. The number of anilines is 2. The Kier molecular flexibility index (Phi) is 6.55. The van der Waals surface area contributed by atoms with Crippen LogP contribution >= 0.6 is 0 Å². The van der Waals surface area contributed by atoms with E-state index < -0.39 is 10.0 Å². The molecule has 2 heterocycles. The van der Waals surface area contributed by atoms with Gasteiger partial charge in [0.2, 0.25) is 10.0 Å². The first kappa shape index (κ1) is 21.1. The molecule has 162 valence electrons. The van der Waals surface area contributed by atoms with Crippen LogP contribution in [0.1, 0.15) is 24.8 Å². The molecule has 0 unspecified atom stereocenters. The van der Waals surface area contributed by atoms with Gasteiger partial charge in [-0.15, -0.1) is 0 Å². The number of sulfonamides is 1. The highest BCUT2D eigenvalue weighted by Gasteiger charge is 2.27. The third kappa shape index (κ3) is 4.77. The van der Waals surface area contributed by atoms with Crippen molar-refractivity contribution >= 4 is 21.4 Å². The molecule has 6 nitrogen and oxygen atoms in total. The molecular weight excluding hydrogens is 405 g/mol. The van der Waals surface area contributed by atoms with Gasteiger partial charge in [-0.25, -0.2) is 12.8 Å². The van der Waals surface area contributed by atoms with E-state index in [1.807, 2.05) is 12.1 Å². The van der Waals surface area contributed by atoms with Crippen molar-refractivity contribution in [3.8, 4) is 0 Å². The summed E-state index contributed by atoms with van der Waals surface area (Å²) in [5, 5.41) is 3.35. The number of morpholine rings is 1. The summed E-state index contributed by atoms with van der Waals surface area (Å²) in [5.41, 5.74) is 2.56. The minimum Gasteiger partial charge on any atom is -0.379 e. The number of hydrogen-bond donors (Lipinski definition) is 1. The van der Waals surface area contributed by atoms with Crippen LogP contribution in [0.15, 0.2) is 47.4 Å². The minimum absolute atomic E-state index is 0.270. The van der Waals surface area contributed by atoms with Gasteiger partial charge in [0.15, 0.2) is 0 Å². The molecule has 0 saturated carbocycles. The van der Waals surface area contributed by atoms with Gasteiger partial charge in [-0.2, -0.15) is 4.31 Å². The van der Waals surface area contributed by atoms with Crippen LogP contribution in [0, 0.1) is 5.82 Å². The average molecular weight is 434 g/mol. The van der Waals surface area contributed by atoms with Gasteiger partial charge in [0.05, 0.1) is 29.5 Å². The van der Waals surface area contributed by atoms with Crippen molar-refractivity contribution in [3.63, 3.8) is 0 Å². The van der Waals surface area contributed by atoms with E-state index >= 15 is 0 Å². The van der Waals surface area contributed by atoms with E-state index in [9.17, 15) is 12.8 Å². The molecular formula is C22H28FN3O3S. The summed E-state index contributed by atoms with van der Waals surface area (Å²) in [6, 6.07) is 11.7. The monoisotopic (exact) mass is 433 g/mol. The van der Waals surface area contributed by atoms with Gasteiger partial charge in [-0.05, 0) is 55.2 Å². The molecule has 2 fully saturated rings. The molecule has 0 amide bonds. The molecule has 4 rings (SSSR count). The Morgan fingerprint density at radius 1 is 0.967 bits per heavy atom. The Labute approximate surface area is 177 Å². The van der Waals surface area contributed by atoms with E-state index in [1.165, 1.54) is 22.9 Å². The molecule has 0 aliphatic carbocycles. The topological polar surface area (TPSA) is 61.9 Å². The Balaban J connectivity index is 1.63. The third-order valence-corrected chi connectivity index (χ3v) is 7.54. The quantitative estimate of drug-likeness (QED) is 0.756. The van der Waals surface area contributed by atoms with Gasteiger partial charge in [0.25, 0.3) is 0 Å². The molecule has 0 atom stereocenters. The number of rotatable bonds is 6. The number of benzene rings is 2. The van der Waals surface area contributed by atoms with Crippen molar-refractivity contribution in [1.29, 1.82) is 0 Å². The predicted octanol–water partition coefficient (Wildman–Crippen LogP) is 3.45. The van der Waals surface area contributed by atoms with E-state index in [0.717, 1.165) is 42.9 Å². The van der Waals surface area contributed by atoms with Crippen molar-refractivity contribution in [3.05, 3.63) is 53.8 Å². The molecule has 0 spiro atoms. The highest BCUT2D eigenvalue weighted by Crippen LogP contribution is 2.32. The Morgan fingerprint density at radius 3 is 2.47 bits per heavy atom. The fourth-order valence-corrected chi connectivity index (χ4v) is 5.44. The zero-order chi connectivity index (χ0) is 21.0. The number of ether oxygens (including phenoxy) is 1.